The summed E-state index contributed by atoms with van der Waals surface area (Å²) in [5.41, 5.74) is 7.64. The van der Waals surface area contributed by atoms with Gasteiger partial charge in [0.15, 0.2) is 5.65 Å². The standard InChI is InChI=1S/C21H20N4/c1-3-4-16-13-17(19-9-10-21-22-11-12-25(21)24-19)6-7-18(16)20-8-5-15(2)14-23-20/h5-14H,3-4H2,1-2H3. The zero-order valence-corrected chi connectivity index (χ0v) is 14.5. The molecule has 4 heteroatoms. The summed E-state index contributed by atoms with van der Waals surface area (Å²) in [6.45, 7) is 4.26. The van der Waals surface area contributed by atoms with E-state index in [4.69, 9.17) is 0 Å². The first kappa shape index (κ1) is 15.5. The van der Waals surface area contributed by atoms with Gasteiger partial charge in [-0.05, 0) is 48.7 Å². The Hall–Kier alpha value is -3.01. The Bertz CT molecular complexity index is 1020. The fourth-order valence-electron chi connectivity index (χ4n) is 3.08. The number of hydrogen-bond donors (Lipinski definition) is 0. The van der Waals surface area contributed by atoms with Gasteiger partial charge in [0.2, 0.25) is 0 Å². The molecule has 0 atom stereocenters. The summed E-state index contributed by atoms with van der Waals surface area (Å²) in [6.07, 6.45) is 7.67. The topological polar surface area (TPSA) is 43.1 Å². The van der Waals surface area contributed by atoms with E-state index >= 15 is 0 Å². The molecule has 0 saturated carbocycles. The second-order valence-electron chi connectivity index (χ2n) is 6.29. The van der Waals surface area contributed by atoms with Crippen LogP contribution in [0, 0.1) is 6.92 Å². The molecule has 124 valence electrons. The van der Waals surface area contributed by atoms with Crippen molar-refractivity contribution in [3.8, 4) is 22.5 Å². The van der Waals surface area contributed by atoms with Crippen molar-refractivity contribution in [3.63, 3.8) is 0 Å². The smallest absolute Gasteiger partial charge is 0.153 e. The molecule has 3 heterocycles. The maximum atomic E-state index is 4.66. The third-order valence-electron chi connectivity index (χ3n) is 4.36. The second-order valence-corrected chi connectivity index (χ2v) is 6.29. The lowest BCUT2D eigenvalue weighted by atomic mass is 9.96. The van der Waals surface area contributed by atoms with Crippen molar-refractivity contribution < 1.29 is 0 Å². The van der Waals surface area contributed by atoms with E-state index in [-0.39, 0.29) is 0 Å². The van der Waals surface area contributed by atoms with E-state index in [2.05, 4.69) is 59.2 Å². The molecule has 3 aromatic heterocycles. The third-order valence-corrected chi connectivity index (χ3v) is 4.36. The highest BCUT2D eigenvalue weighted by atomic mass is 15.2. The van der Waals surface area contributed by atoms with Crippen molar-refractivity contribution in [2.45, 2.75) is 26.7 Å². The molecule has 25 heavy (non-hydrogen) atoms. The van der Waals surface area contributed by atoms with Gasteiger partial charge in [0.25, 0.3) is 0 Å². The Labute approximate surface area is 147 Å². The molecule has 4 aromatic rings. The molecule has 0 N–H and O–H groups in total. The van der Waals surface area contributed by atoms with Crippen LogP contribution in [0.1, 0.15) is 24.5 Å². The first-order valence-corrected chi connectivity index (χ1v) is 8.61. The number of fused-ring (bicyclic) bond motifs is 1. The molecule has 0 bridgehead atoms. The molecule has 0 saturated heterocycles. The maximum absolute atomic E-state index is 4.66. The predicted octanol–water partition coefficient (Wildman–Crippen LogP) is 4.72. The molecule has 0 aliphatic heterocycles. The van der Waals surface area contributed by atoms with Gasteiger partial charge in [0.05, 0.1) is 11.4 Å². The van der Waals surface area contributed by atoms with Crippen LogP contribution in [0.4, 0.5) is 0 Å². The van der Waals surface area contributed by atoms with Crippen LogP contribution in [-0.4, -0.2) is 19.6 Å². The van der Waals surface area contributed by atoms with Crippen LogP contribution in [-0.2, 0) is 6.42 Å². The molecular weight excluding hydrogens is 308 g/mol. The van der Waals surface area contributed by atoms with Crippen LogP contribution in [0.2, 0.25) is 0 Å². The van der Waals surface area contributed by atoms with E-state index in [1.165, 1.54) is 16.7 Å². The number of hydrogen-bond acceptors (Lipinski definition) is 3. The Morgan fingerprint density at radius 1 is 0.960 bits per heavy atom. The normalized spacial score (nSPS) is 11.1. The van der Waals surface area contributed by atoms with Gasteiger partial charge >= 0.3 is 0 Å². The summed E-state index contributed by atoms with van der Waals surface area (Å²) in [6, 6.07) is 14.8. The Morgan fingerprint density at radius 3 is 2.64 bits per heavy atom. The number of imidazole rings is 1. The third kappa shape index (κ3) is 3.03. The monoisotopic (exact) mass is 328 g/mol. The average Bonchev–Trinajstić information content (AvgIpc) is 3.10. The number of nitrogens with zero attached hydrogens (tertiary/aromatic N) is 4. The lowest BCUT2D eigenvalue weighted by Crippen LogP contribution is -1.96. The molecule has 0 aliphatic carbocycles. The van der Waals surface area contributed by atoms with E-state index in [1.807, 2.05) is 29.0 Å². The number of pyridine rings is 1. The van der Waals surface area contributed by atoms with Crippen molar-refractivity contribution in [2.24, 2.45) is 0 Å². The molecule has 0 unspecified atom stereocenters. The summed E-state index contributed by atoms with van der Waals surface area (Å²) in [7, 11) is 0. The quantitative estimate of drug-likeness (QED) is 0.544. The van der Waals surface area contributed by atoms with Gasteiger partial charge in [0.1, 0.15) is 0 Å². The summed E-state index contributed by atoms with van der Waals surface area (Å²) < 4.78 is 1.81. The van der Waals surface area contributed by atoms with Crippen LogP contribution >= 0.6 is 0 Å². The summed E-state index contributed by atoms with van der Waals surface area (Å²) in [5, 5.41) is 4.66. The van der Waals surface area contributed by atoms with Crippen LogP contribution in [0.15, 0.2) is 61.1 Å². The van der Waals surface area contributed by atoms with Gasteiger partial charge in [-0.15, -0.1) is 0 Å². The summed E-state index contributed by atoms with van der Waals surface area (Å²) in [5.74, 6) is 0. The van der Waals surface area contributed by atoms with E-state index in [0.29, 0.717) is 0 Å². The number of aryl methyl sites for hydroxylation is 2. The Kier molecular flexibility index (Phi) is 4.02. The Balaban J connectivity index is 1.79. The van der Waals surface area contributed by atoms with Crippen molar-refractivity contribution in [1.29, 1.82) is 0 Å². The van der Waals surface area contributed by atoms with Gasteiger partial charge in [-0.25, -0.2) is 9.50 Å². The van der Waals surface area contributed by atoms with Crippen LogP contribution in [0.25, 0.3) is 28.2 Å². The zero-order valence-electron chi connectivity index (χ0n) is 14.5. The molecule has 0 fully saturated rings. The first-order chi connectivity index (χ1) is 12.2. The van der Waals surface area contributed by atoms with Gasteiger partial charge in [-0.3, -0.25) is 4.98 Å². The molecule has 1 aromatic carbocycles. The van der Waals surface area contributed by atoms with Crippen LogP contribution in [0.3, 0.4) is 0 Å². The molecular formula is C21H20N4. The lowest BCUT2D eigenvalue weighted by Gasteiger charge is -2.11. The van der Waals surface area contributed by atoms with E-state index < -0.39 is 0 Å². The Morgan fingerprint density at radius 2 is 1.84 bits per heavy atom. The van der Waals surface area contributed by atoms with Gasteiger partial charge in [-0.2, -0.15) is 5.10 Å². The minimum Gasteiger partial charge on any atom is -0.256 e. The average molecular weight is 328 g/mol. The molecule has 4 rings (SSSR count). The van der Waals surface area contributed by atoms with E-state index in [9.17, 15) is 0 Å². The lowest BCUT2D eigenvalue weighted by molar-refractivity contribution is 0.919. The SMILES string of the molecule is CCCc1cc(-c2ccc3nccn3n2)ccc1-c1ccc(C)cn1. The van der Waals surface area contributed by atoms with Crippen molar-refractivity contribution >= 4 is 5.65 Å². The zero-order chi connectivity index (χ0) is 17.2. The van der Waals surface area contributed by atoms with Crippen molar-refractivity contribution in [1.82, 2.24) is 19.6 Å². The van der Waals surface area contributed by atoms with Crippen LogP contribution in [0.5, 0.6) is 0 Å². The van der Waals surface area contributed by atoms with E-state index in [0.717, 1.165) is 35.4 Å². The molecule has 0 spiro atoms. The van der Waals surface area contributed by atoms with Crippen LogP contribution < -0.4 is 0 Å². The minimum atomic E-state index is 0.859. The predicted molar refractivity (Wildman–Crippen MR) is 100 cm³/mol. The van der Waals surface area contributed by atoms with Gasteiger partial charge in [0, 0.05) is 29.7 Å². The highest BCUT2D eigenvalue weighted by Crippen LogP contribution is 2.28. The summed E-state index contributed by atoms with van der Waals surface area (Å²) >= 11 is 0. The maximum Gasteiger partial charge on any atom is 0.153 e. The largest absolute Gasteiger partial charge is 0.256 e. The molecule has 4 nitrogen and oxygen atoms in total. The fraction of sp³-hybridized carbons (Fsp3) is 0.190. The molecule has 0 aliphatic rings. The van der Waals surface area contributed by atoms with E-state index in [1.54, 1.807) is 6.20 Å². The summed E-state index contributed by atoms with van der Waals surface area (Å²) in [4.78, 5) is 8.85. The van der Waals surface area contributed by atoms with Crippen molar-refractivity contribution in [2.75, 3.05) is 0 Å². The van der Waals surface area contributed by atoms with Gasteiger partial charge < -0.3 is 0 Å². The minimum absolute atomic E-state index is 0.859. The number of rotatable bonds is 4. The number of benzene rings is 1. The van der Waals surface area contributed by atoms with Gasteiger partial charge in [-0.1, -0.05) is 31.5 Å². The fourth-order valence-corrected chi connectivity index (χ4v) is 3.08. The molecule has 0 radical (unpaired) electrons. The molecule has 0 amide bonds. The number of aromatic nitrogens is 4. The first-order valence-electron chi connectivity index (χ1n) is 8.61. The van der Waals surface area contributed by atoms with Crippen molar-refractivity contribution in [3.05, 3.63) is 72.2 Å². The second kappa shape index (κ2) is 6.48. The highest BCUT2D eigenvalue weighted by Gasteiger charge is 2.10. The highest BCUT2D eigenvalue weighted by molar-refractivity contribution is 5.71.